The van der Waals surface area contributed by atoms with Crippen LogP contribution in [0.4, 0.5) is 0 Å². The van der Waals surface area contributed by atoms with Crippen LogP contribution in [-0.4, -0.2) is 24.1 Å². The van der Waals surface area contributed by atoms with Crippen LogP contribution in [0.15, 0.2) is 170 Å². The van der Waals surface area contributed by atoms with Gasteiger partial charge in [0, 0.05) is 49.3 Å². The molecule has 0 bridgehead atoms. The van der Waals surface area contributed by atoms with Crippen molar-refractivity contribution in [3.63, 3.8) is 0 Å². The van der Waals surface area contributed by atoms with E-state index in [1.807, 2.05) is 18.2 Å². The van der Waals surface area contributed by atoms with Crippen molar-refractivity contribution < 1.29 is 0 Å². The summed E-state index contributed by atoms with van der Waals surface area (Å²) in [5, 5.41) is 4.85. The molecule has 0 atom stereocenters. The van der Waals surface area contributed by atoms with Gasteiger partial charge in [0.15, 0.2) is 11.6 Å². The van der Waals surface area contributed by atoms with Crippen LogP contribution in [0.2, 0.25) is 0 Å². The van der Waals surface area contributed by atoms with Gasteiger partial charge in [0.25, 0.3) is 0 Å². The summed E-state index contributed by atoms with van der Waals surface area (Å²) < 4.78 is 4.81. The molecule has 10 aromatic rings. The van der Waals surface area contributed by atoms with Gasteiger partial charge in [0.1, 0.15) is 5.82 Å². The van der Waals surface area contributed by atoms with Crippen LogP contribution >= 0.6 is 0 Å². The van der Waals surface area contributed by atoms with Gasteiger partial charge in [0.2, 0.25) is 0 Å². The molecule has 0 spiro atoms. The van der Waals surface area contributed by atoms with Crippen LogP contribution in [-0.2, 0) is 5.41 Å². The van der Waals surface area contributed by atoms with Crippen molar-refractivity contribution >= 4 is 43.6 Å². The first kappa shape index (κ1) is 31.9. The highest BCUT2D eigenvalue weighted by Crippen LogP contribution is 2.42. The molecule has 0 amide bonds. The SMILES string of the molecule is CC(C)(C)c1nc(-c2ccccc2)nc(-c2cccc(-c3ccccc3)c2-n2c3ccccc3c3cc(-n4c5ccccc5c5ccccc54)ccc32)n1. The fourth-order valence-electron chi connectivity index (χ4n) is 7.91. The maximum atomic E-state index is 5.23. The van der Waals surface area contributed by atoms with E-state index in [1.165, 1.54) is 32.6 Å². The van der Waals surface area contributed by atoms with E-state index in [0.717, 1.165) is 50.5 Å². The number of rotatable bonds is 5. The summed E-state index contributed by atoms with van der Waals surface area (Å²) in [7, 11) is 0. The first-order chi connectivity index (χ1) is 26.4. The summed E-state index contributed by atoms with van der Waals surface area (Å²) in [6.07, 6.45) is 0. The zero-order chi connectivity index (χ0) is 36.4. The van der Waals surface area contributed by atoms with E-state index in [4.69, 9.17) is 15.0 Å². The van der Waals surface area contributed by atoms with Gasteiger partial charge < -0.3 is 9.13 Å². The Hall–Kier alpha value is -6.85. The molecule has 0 aliphatic heterocycles. The van der Waals surface area contributed by atoms with Crippen LogP contribution in [0.25, 0.3) is 88.9 Å². The van der Waals surface area contributed by atoms with Crippen molar-refractivity contribution in [1.82, 2.24) is 24.1 Å². The molecule has 0 saturated carbocycles. The standard InChI is InChI=1S/C49H37N5/c1-49(2,3)48-51-46(33-19-8-5-9-20-33)50-47(52-48)39-25-16-24-35(32-17-6-4-7-18-32)45(39)54-43-28-15-12-23-38(43)40-31-34(29-30-44(40)54)53-41-26-13-10-21-36(41)37-22-11-14-27-42(37)53/h4-31H,1-3H3. The molecule has 10 rings (SSSR count). The third kappa shape index (κ3) is 5.12. The van der Waals surface area contributed by atoms with E-state index in [2.05, 4.69) is 182 Å². The Labute approximate surface area is 313 Å². The van der Waals surface area contributed by atoms with Crippen LogP contribution in [0, 0.1) is 0 Å². The van der Waals surface area contributed by atoms with E-state index >= 15 is 0 Å². The van der Waals surface area contributed by atoms with Crippen molar-refractivity contribution in [2.45, 2.75) is 26.2 Å². The topological polar surface area (TPSA) is 48.5 Å². The van der Waals surface area contributed by atoms with Crippen molar-refractivity contribution in [2.24, 2.45) is 0 Å². The lowest BCUT2D eigenvalue weighted by Gasteiger charge is -2.21. The lowest BCUT2D eigenvalue weighted by atomic mass is 9.95. The molecule has 5 nitrogen and oxygen atoms in total. The van der Waals surface area contributed by atoms with Gasteiger partial charge in [-0.15, -0.1) is 0 Å². The Morgan fingerprint density at radius 3 is 1.52 bits per heavy atom. The highest BCUT2D eigenvalue weighted by atomic mass is 15.1. The van der Waals surface area contributed by atoms with Crippen molar-refractivity contribution in [1.29, 1.82) is 0 Å². The Bertz CT molecular complexity index is 2970. The van der Waals surface area contributed by atoms with Crippen LogP contribution < -0.4 is 0 Å². The van der Waals surface area contributed by atoms with Crippen molar-refractivity contribution in [3.8, 4) is 45.3 Å². The number of hydrogen-bond acceptors (Lipinski definition) is 3. The fourth-order valence-corrected chi connectivity index (χ4v) is 7.91. The van der Waals surface area contributed by atoms with Gasteiger partial charge in [-0.1, -0.05) is 148 Å². The van der Waals surface area contributed by atoms with E-state index < -0.39 is 0 Å². The second-order valence-electron chi connectivity index (χ2n) is 14.9. The number of hydrogen-bond donors (Lipinski definition) is 0. The smallest absolute Gasteiger partial charge is 0.165 e. The monoisotopic (exact) mass is 695 g/mol. The minimum absolute atomic E-state index is 0.297. The highest BCUT2D eigenvalue weighted by Gasteiger charge is 2.25. The number of nitrogens with zero attached hydrogens (tertiary/aromatic N) is 5. The fraction of sp³-hybridized carbons (Fsp3) is 0.0816. The third-order valence-corrected chi connectivity index (χ3v) is 10.4. The van der Waals surface area contributed by atoms with Gasteiger partial charge in [-0.05, 0) is 48.0 Å². The van der Waals surface area contributed by atoms with Crippen molar-refractivity contribution in [2.75, 3.05) is 0 Å². The first-order valence-corrected chi connectivity index (χ1v) is 18.5. The molecule has 258 valence electrons. The number of aromatic nitrogens is 5. The van der Waals surface area contributed by atoms with Gasteiger partial charge in [0.05, 0.1) is 27.8 Å². The molecule has 0 fully saturated rings. The van der Waals surface area contributed by atoms with Gasteiger partial charge in [-0.3, -0.25) is 0 Å². The van der Waals surface area contributed by atoms with Gasteiger partial charge >= 0.3 is 0 Å². The predicted octanol–water partition coefficient (Wildman–Crippen LogP) is 12.4. The number of para-hydroxylation sites is 4. The maximum Gasteiger partial charge on any atom is 0.165 e. The molecule has 5 heteroatoms. The zero-order valence-electron chi connectivity index (χ0n) is 30.4. The second-order valence-corrected chi connectivity index (χ2v) is 14.9. The average Bonchev–Trinajstić information content (AvgIpc) is 3.73. The quantitative estimate of drug-likeness (QED) is 0.180. The Morgan fingerprint density at radius 1 is 0.389 bits per heavy atom. The molecule has 0 radical (unpaired) electrons. The Kier molecular flexibility index (Phi) is 7.31. The second kappa shape index (κ2) is 12.4. The predicted molar refractivity (Wildman–Crippen MR) is 224 cm³/mol. The van der Waals surface area contributed by atoms with E-state index in [1.54, 1.807) is 0 Å². The largest absolute Gasteiger partial charge is 0.309 e. The molecule has 3 heterocycles. The average molecular weight is 696 g/mol. The van der Waals surface area contributed by atoms with Crippen LogP contribution in [0.1, 0.15) is 26.6 Å². The van der Waals surface area contributed by atoms with Gasteiger partial charge in [-0.2, -0.15) is 0 Å². The van der Waals surface area contributed by atoms with Crippen LogP contribution in [0.5, 0.6) is 0 Å². The maximum absolute atomic E-state index is 5.23. The molecule has 0 unspecified atom stereocenters. The van der Waals surface area contributed by atoms with E-state index in [0.29, 0.717) is 11.6 Å². The number of fused-ring (bicyclic) bond motifs is 6. The summed E-state index contributed by atoms with van der Waals surface area (Å²) in [4.78, 5) is 15.5. The summed E-state index contributed by atoms with van der Waals surface area (Å²) in [5.41, 5.74) is 10.6. The molecular weight excluding hydrogens is 659 g/mol. The summed E-state index contributed by atoms with van der Waals surface area (Å²) >= 11 is 0. The normalized spacial score (nSPS) is 12.0. The molecule has 0 N–H and O–H groups in total. The molecule has 0 saturated heterocycles. The van der Waals surface area contributed by atoms with Crippen LogP contribution in [0.3, 0.4) is 0 Å². The lowest BCUT2D eigenvalue weighted by molar-refractivity contribution is 0.543. The Balaban J connectivity index is 1.29. The minimum Gasteiger partial charge on any atom is -0.309 e. The van der Waals surface area contributed by atoms with Gasteiger partial charge in [-0.25, -0.2) is 15.0 Å². The molecular formula is C49H37N5. The van der Waals surface area contributed by atoms with Crippen molar-refractivity contribution in [3.05, 3.63) is 176 Å². The zero-order valence-corrected chi connectivity index (χ0v) is 30.4. The summed E-state index contributed by atoms with van der Waals surface area (Å²) in [5.74, 6) is 2.06. The Morgan fingerprint density at radius 2 is 0.889 bits per heavy atom. The summed E-state index contributed by atoms with van der Waals surface area (Å²) in [6, 6.07) is 60.3. The molecule has 0 aliphatic rings. The third-order valence-electron chi connectivity index (χ3n) is 10.4. The molecule has 7 aromatic carbocycles. The summed E-state index contributed by atoms with van der Waals surface area (Å²) in [6.45, 7) is 6.47. The lowest BCUT2D eigenvalue weighted by Crippen LogP contribution is -2.18. The molecule has 54 heavy (non-hydrogen) atoms. The number of benzene rings is 7. The molecule has 3 aromatic heterocycles. The highest BCUT2D eigenvalue weighted by molar-refractivity contribution is 6.13. The van der Waals surface area contributed by atoms with E-state index in [9.17, 15) is 0 Å². The first-order valence-electron chi connectivity index (χ1n) is 18.5. The molecule has 0 aliphatic carbocycles. The van der Waals surface area contributed by atoms with E-state index in [-0.39, 0.29) is 5.41 Å². The minimum atomic E-state index is -0.297.